The van der Waals surface area contributed by atoms with E-state index < -0.39 is 0 Å². The molecule has 3 rings (SSSR count). The normalized spacial score (nSPS) is 13.8. The predicted molar refractivity (Wildman–Crippen MR) is 106 cm³/mol. The Balaban J connectivity index is 1.68. The van der Waals surface area contributed by atoms with Gasteiger partial charge in [0.1, 0.15) is 0 Å². The average Bonchev–Trinajstić information content (AvgIpc) is 3.10. The van der Waals surface area contributed by atoms with Gasteiger partial charge in [0.15, 0.2) is 0 Å². The smallest absolute Gasteiger partial charge is 0.254 e. The van der Waals surface area contributed by atoms with Crippen LogP contribution in [0.2, 0.25) is 0 Å². The Morgan fingerprint density at radius 1 is 1.04 bits per heavy atom. The quantitative estimate of drug-likeness (QED) is 0.782. The Morgan fingerprint density at radius 2 is 1.78 bits per heavy atom. The largest absolute Gasteiger partial charge is 0.338 e. The molecular weight excluding hydrogens is 338 g/mol. The molecule has 0 atom stereocenters. The lowest BCUT2D eigenvalue weighted by Gasteiger charge is -2.23. The SMILES string of the molecule is NCCCN(Cc1ccccc1)C(=O)c1ccc(CN2CCCC2=O)cc1. The minimum absolute atomic E-state index is 0.0103. The van der Waals surface area contributed by atoms with E-state index in [1.165, 1.54) is 0 Å². The van der Waals surface area contributed by atoms with Crippen molar-refractivity contribution in [3.8, 4) is 0 Å². The molecule has 0 radical (unpaired) electrons. The van der Waals surface area contributed by atoms with Crippen molar-refractivity contribution < 1.29 is 9.59 Å². The Bertz CT molecular complexity index is 759. The van der Waals surface area contributed by atoms with Crippen LogP contribution in [0, 0.1) is 0 Å². The number of rotatable bonds is 8. The Labute approximate surface area is 160 Å². The highest BCUT2D eigenvalue weighted by molar-refractivity contribution is 5.94. The van der Waals surface area contributed by atoms with Gasteiger partial charge in [0, 0.05) is 38.2 Å². The van der Waals surface area contributed by atoms with Gasteiger partial charge < -0.3 is 15.5 Å². The predicted octanol–water partition coefficient (Wildman–Crippen LogP) is 2.80. The molecule has 1 fully saturated rings. The second-order valence-corrected chi connectivity index (χ2v) is 6.97. The highest BCUT2D eigenvalue weighted by atomic mass is 16.2. The molecule has 1 aliphatic rings. The van der Waals surface area contributed by atoms with Crippen molar-refractivity contribution in [2.45, 2.75) is 32.4 Å². The summed E-state index contributed by atoms with van der Waals surface area (Å²) in [5.41, 5.74) is 8.47. The van der Waals surface area contributed by atoms with E-state index in [2.05, 4.69) is 0 Å². The number of amides is 2. The van der Waals surface area contributed by atoms with Crippen LogP contribution in [0.1, 0.15) is 40.7 Å². The summed E-state index contributed by atoms with van der Waals surface area (Å²) >= 11 is 0. The molecule has 2 amide bonds. The minimum Gasteiger partial charge on any atom is -0.338 e. The first-order chi connectivity index (χ1) is 13.2. The molecule has 1 saturated heterocycles. The zero-order chi connectivity index (χ0) is 19.1. The molecule has 0 aromatic heterocycles. The second-order valence-electron chi connectivity index (χ2n) is 6.97. The number of carbonyl (C=O) groups excluding carboxylic acids is 2. The highest BCUT2D eigenvalue weighted by Gasteiger charge is 2.20. The lowest BCUT2D eigenvalue weighted by atomic mass is 10.1. The first-order valence-corrected chi connectivity index (χ1v) is 9.57. The van der Waals surface area contributed by atoms with E-state index in [4.69, 9.17) is 5.73 Å². The summed E-state index contributed by atoms with van der Waals surface area (Å²) < 4.78 is 0. The molecule has 2 aromatic rings. The molecule has 1 aliphatic heterocycles. The van der Waals surface area contributed by atoms with Gasteiger partial charge in [-0.15, -0.1) is 0 Å². The van der Waals surface area contributed by atoms with Crippen LogP contribution in [0.25, 0.3) is 0 Å². The van der Waals surface area contributed by atoms with Gasteiger partial charge in [-0.1, -0.05) is 42.5 Å². The van der Waals surface area contributed by atoms with E-state index in [9.17, 15) is 9.59 Å². The maximum Gasteiger partial charge on any atom is 0.254 e. The third-order valence-electron chi connectivity index (χ3n) is 4.88. The first-order valence-electron chi connectivity index (χ1n) is 9.57. The summed E-state index contributed by atoms with van der Waals surface area (Å²) in [7, 11) is 0. The lowest BCUT2D eigenvalue weighted by Crippen LogP contribution is -2.32. The monoisotopic (exact) mass is 365 g/mol. The third-order valence-corrected chi connectivity index (χ3v) is 4.88. The van der Waals surface area contributed by atoms with E-state index in [0.717, 1.165) is 30.5 Å². The van der Waals surface area contributed by atoms with Crippen LogP contribution >= 0.6 is 0 Å². The van der Waals surface area contributed by atoms with Gasteiger partial charge in [0.25, 0.3) is 5.91 Å². The number of carbonyl (C=O) groups is 2. The van der Waals surface area contributed by atoms with Crippen LogP contribution in [0.4, 0.5) is 0 Å². The molecule has 2 aromatic carbocycles. The van der Waals surface area contributed by atoms with E-state index in [1.807, 2.05) is 64.4 Å². The molecule has 1 heterocycles. The fourth-order valence-electron chi connectivity index (χ4n) is 3.37. The number of nitrogens with two attached hydrogens (primary N) is 1. The van der Waals surface area contributed by atoms with Crippen LogP contribution in [0.3, 0.4) is 0 Å². The molecular formula is C22H27N3O2. The maximum atomic E-state index is 13.0. The van der Waals surface area contributed by atoms with Crippen molar-refractivity contribution in [2.75, 3.05) is 19.6 Å². The van der Waals surface area contributed by atoms with Crippen LogP contribution < -0.4 is 5.73 Å². The molecule has 0 spiro atoms. The Morgan fingerprint density at radius 3 is 2.41 bits per heavy atom. The number of likely N-dealkylation sites (tertiary alicyclic amines) is 1. The maximum absolute atomic E-state index is 13.0. The van der Waals surface area contributed by atoms with E-state index >= 15 is 0 Å². The highest BCUT2D eigenvalue weighted by Crippen LogP contribution is 2.16. The molecule has 0 aliphatic carbocycles. The fraction of sp³-hybridized carbons (Fsp3) is 0.364. The molecule has 0 bridgehead atoms. The van der Waals surface area contributed by atoms with Crippen molar-refractivity contribution in [1.29, 1.82) is 0 Å². The van der Waals surface area contributed by atoms with Crippen LogP contribution in [-0.4, -0.2) is 41.2 Å². The van der Waals surface area contributed by atoms with Gasteiger partial charge in [-0.25, -0.2) is 0 Å². The summed E-state index contributed by atoms with van der Waals surface area (Å²) in [4.78, 5) is 28.5. The van der Waals surface area contributed by atoms with Gasteiger partial charge in [0.05, 0.1) is 0 Å². The Kier molecular flexibility index (Phi) is 6.60. The summed E-state index contributed by atoms with van der Waals surface area (Å²) in [6.07, 6.45) is 2.35. The van der Waals surface area contributed by atoms with Crippen LogP contribution in [0.15, 0.2) is 54.6 Å². The molecule has 0 unspecified atom stereocenters. The van der Waals surface area contributed by atoms with E-state index in [1.54, 1.807) is 0 Å². The minimum atomic E-state index is 0.0103. The van der Waals surface area contributed by atoms with E-state index in [0.29, 0.717) is 38.2 Å². The Hall–Kier alpha value is -2.66. The summed E-state index contributed by atoms with van der Waals surface area (Å²) in [5, 5.41) is 0. The van der Waals surface area contributed by atoms with Crippen molar-refractivity contribution in [3.05, 3.63) is 71.3 Å². The van der Waals surface area contributed by atoms with Crippen LogP contribution in [0.5, 0.6) is 0 Å². The first kappa shape index (κ1) is 19.1. The topological polar surface area (TPSA) is 66.6 Å². The van der Waals surface area contributed by atoms with Crippen molar-refractivity contribution in [1.82, 2.24) is 9.80 Å². The molecule has 2 N–H and O–H groups in total. The summed E-state index contributed by atoms with van der Waals surface area (Å²) in [6.45, 7) is 3.21. The molecule has 5 nitrogen and oxygen atoms in total. The summed E-state index contributed by atoms with van der Waals surface area (Å²) in [5.74, 6) is 0.224. The second kappa shape index (κ2) is 9.33. The lowest BCUT2D eigenvalue weighted by molar-refractivity contribution is -0.128. The van der Waals surface area contributed by atoms with E-state index in [-0.39, 0.29) is 11.8 Å². The zero-order valence-electron chi connectivity index (χ0n) is 15.6. The van der Waals surface area contributed by atoms with Gasteiger partial charge >= 0.3 is 0 Å². The van der Waals surface area contributed by atoms with Crippen molar-refractivity contribution in [2.24, 2.45) is 5.73 Å². The van der Waals surface area contributed by atoms with Gasteiger partial charge in [0.2, 0.25) is 5.91 Å². The molecule has 5 heteroatoms. The zero-order valence-corrected chi connectivity index (χ0v) is 15.6. The van der Waals surface area contributed by atoms with Gasteiger partial charge in [-0.05, 0) is 42.6 Å². The third kappa shape index (κ3) is 5.17. The van der Waals surface area contributed by atoms with Crippen molar-refractivity contribution >= 4 is 11.8 Å². The number of hydrogen-bond donors (Lipinski definition) is 1. The molecule has 27 heavy (non-hydrogen) atoms. The van der Waals surface area contributed by atoms with Gasteiger partial charge in [-0.3, -0.25) is 9.59 Å². The number of benzene rings is 2. The number of nitrogens with zero attached hydrogens (tertiary/aromatic N) is 2. The van der Waals surface area contributed by atoms with Crippen LogP contribution in [-0.2, 0) is 17.9 Å². The van der Waals surface area contributed by atoms with Gasteiger partial charge in [-0.2, -0.15) is 0 Å². The molecule has 0 saturated carbocycles. The standard InChI is InChI=1S/C22H27N3O2/c23-13-5-15-25(17-18-6-2-1-3-7-18)22(27)20-11-9-19(10-12-20)16-24-14-4-8-21(24)26/h1-3,6-7,9-12H,4-5,8,13-17,23H2. The van der Waals surface area contributed by atoms with Crippen molar-refractivity contribution in [3.63, 3.8) is 0 Å². The summed E-state index contributed by atoms with van der Waals surface area (Å²) in [6, 6.07) is 17.6. The fourth-order valence-corrected chi connectivity index (χ4v) is 3.37. The average molecular weight is 365 g/mol. The number of hydrogen-bond acceptors (Lipinski definition) is 3. The molecule has 142 valence electrons.